The highest BCUT2D eigenvalue weighted by Crippen LogP contribution is 2.30. The molecule has 5 nitrogen and oxygen atoms in total. The van der Waals surface area contributed by atoms with E-state index >= 15 is 0 Å². The number of alkyl halides is 1. The molecule has 0 bridgehead atoms. The molecule has 1 heterocycles. The lowest BCUT2D eigenvalue weighted by molar-refractivity contribution is -0.156. The molecule has 0 saturated carbocycles. The molecule has 6 heteroatoms. The fourth-order valence-corrected chi connectivity index (χ4v) is 1.77. The number of halogens is 1. The van der Waals surface area contributed by atoms with E-state index in [1.54, 1.807) is 0 Å². The first-order valence-electron chi connectivity index (χ1n) is 4.17. The van der Waals surface area contributed by atoms with E-state index in [0.29, 0.717) is 0 Å². The summed E-state index contributed by atoms with van der Waals surface area (Å²) in [6.07, 6.45) is -0.776. The van der Waals surface area contributed by atoms with Crippen molar-refractivity contribution in [1.29, 1.82) is 0 Å². The van der Waals surface area contributed by atoms with E-state index in [1.165, 1.54) is 7.11 Å². The lowest BCUT2D eigenvalue weighted by Gasteiger charge is -2.30. The first-order valence-corrected chi connectivity index (χ1v) is 5.09. The fourth-order valence-electron chi connectivity index (χ4n) is 1.29. The third kappa shape index (κ3) is 1.64. The number of carbonyl (C=O) groups is 2. The summed E-state index contributed by atoms with van der Waals surface area (Å²) in [5.41, 5.74) is -1.40. The zero-order chi connectivity index (χ0) is 10.9. The summed E-state index contributed by atoms with van der Waals surface area (Å²) in [6, 6.07) is 0. The molecule has 1 aliphatic rings. The van der Waals surface area contributed by atoms with Gasteiger partial charge in [-0.2, -0.15) is 0 Å². The molecular weight excluding hydrogens is 254 g/mol. The minimum atomic E-state index is -1.40. The van der Waals surface area contributed by atoms with Gasteiger partial charge < -0.3 is 9.47 Å². The minimum Gasteiger partial charge on any atom is -0.373 e. The number of carbonyl (C=O) groups excluding carboxylic acids is 2. The predicted molar refractivity (Wildman–Crippen MR) is 51.9 cm³/mol. The van der Waals surface area contributed by atoms with Crippen molar-refractivity contribution in [1.82, 2.24) is 5.32 Å². The number of hydrogen-bond acceptors (Lipinski definition) is 4. The van der Waals surface area contributed by atoms with Gasteiger partial charge in [0.2, 0.25) is 0 Å². The second-order valence-corrected chi connectivity index (χ2v) is 4.37. The topological polar surface area (TPSA) is 64.6 Å². The molecular formula is C8H12BrNO4. The van der Waals surface area contributed by atoms with E-state index in [1.807, 2.05) is 13.8 Å². The Balaban J connectivity index is 2.97. The average Bonchev–Trinajstić information content (AvgIpc) is 2.40. The summed E-state index contributed by atoms with van der Waals surface area (Å²) >= 11 is 3.31. The number of cyclic esters (lactones) is 2. The number of nitrogens with one attached hydrogen (secondary N) is 1. The van der Waals surface area contributed by atoms with Gasteiger partial charge in [-0.1, -0.05) is 29.8 Å². The van der Waals surface area contributed by atoms with E-state index in [2.05, 4.69) is 26.0 Å². The number of amides is 1. The molecule has 0 aliphatic carbocycles. The normalized spacial score (nSPS) is 28.9. The van der Waals surface area contributed by atoms with Gasteiger partial charge in [-0.25, -0.2) is 9.59 Å². The van der Waals surface area contributed by atoms with Gasteiger partial charge in [0, 0.05) is 7.11 Å². The Morgan fingerprint density at radius 1 is 1.50 bits per heavy atom. The van der Waals surface area contributed by atoms with Gasteiger partial charge >= 0.3 is 12.1 Å². The fraction of sp³-hybridized carbons (Fsp3) is 0.750. The van der Waals surface area contributed by atoms with Crippen LogP contribution in [0.5, 0.6) is 0 Å². The highest BCUT2D eigenvalue weighted by atomic mass is 79.9. The van der Waals surface area contributed by atoms with Crippen molar-refractivity contribution in [3.05, 3.63) is 0 Å². The maximum absolute atomic E-state index is 11.4. The smallest absolute Gasteiger partial charge is 0.373 e. The molecule has 80 valence electrons. The molecule has 0 radical (unpaired) electrons. The van der Waals surface area contributed by atoms with E-state index in [9.17, 15) is 9.59 Å². The molecule has 0 aromatic carbocycles. The van der Waals surface area contributed by atoms with Gasteiger partial charge in [0.15, 0.2) is 0 Å². The Morgan fingerprint density at radius 2 is 2.07 bits per heavy atom. The third-order valence-electron chi connectivity index (χ3n) is 2.07. The predicted octanol–water partition coefficient (Wildman–Crippen LogP) is 1.02. The van der Waals surface area contributed by atoms with Crippen LogP contribution in [0.4, 0.5) is 4.79 Å². The van der Waals surface area contributed by atoms with Gasteiger partial charge in [-0.05, 0) is 5.92 Å². The van der Waals surface area contributed by atoms with Crippen LogP contribution in [0.1, 0.15) is 13.8 Å². The zero-order valence-corrected chi connectivity index (χ0v) is 9.75. The maximum atomic E-state index is 11.4. The molecule has 0 spiro atoms. The molecule has 2 atom stereocenters. The van der Waals surface area contributed by atoms with Crippen molar-refractivity contribution in [2.45, 2.75) is 24.4 Å². The van der Waals surface area contributed by atoms with Crippen LogP contribution in [-0.2, 0) is 14.3 Å². The SMILES string of the molecule is COC1(C(Br)C(C)C)NC(=O)OC1=O. The number of hydrogen-bond donors (Lipinski definition) is 1. The number of esters is 1. The summed E-state index contributed by atoms with van der Waals surface area (Å²) in [4.78, 5) is 22.0. The molecule has 2 unspecified atom stereocenters. The number of rotatable bonds is 3. The summed E-state index contributed by atoms with van der Waals surface area (Å²) in [5, 5.41) is 2.37. The molecule has 1 amide bonds. The van der Waals surface area contributed by atoms with Crippen molar-refractivity contribution < 1.29 is 19.1 Å². The summed E-state index contributed by atoms with van der Waals surface area (Å²) in [6.45, 7) is 3.80. The van der Waals surface area contributed by atoms with Crippen molar-refractivity contribution in [3.8, 4) is 0 Å². The number of ether oxygens (including phenoxy) is 2. The molecule has 0 aromatic rings. The molecule has 1 rings (SSSR count). The lowest BCUT2D eigenvalue weighted by atomic mass is 10.0. The Hall–Kier alpha value is -0.620. The van der Waals surface area contributed by atoms with Gasteiger partial charge in [-0.3, -0.25) is 5.32 Å². The summed E-state index contributed by atoms with van der Waals surface area (Å²) in [7, 11) is 1.35. The number of methoxy groups -OCH3 is 1. The van der Waals surface area contributed by atoms with E-state index in [4.69, 9.17) is 4.74 Å². The summed E-state index contributed by atoms with van der Waals surface area (Å²) < 4.78 is 9.45. The Labute approximate surface area is 90.3 Å². The van der Waals surface area contributed by atoms with Crippen LogP contribution >= 0.6 is 15.9 Å². The first-order chi connectivity index (χ1) is 6.44. The third-order valence-corrected chi connectivity index (χ3v) is 3.77. The van der Waals surface area contributed by atoms with Crippen LogP contribution in [-0.4, -0.2) is 29.7 Å². The first kappa shape index (κ1) is 11.5. The molecule has 1 N–H and O–H groups in total. The Kier molecular flexibility index (Phi) is 3.16. The van der Waals surface area contributed by atoms with Gasteiger partial charge in [0.25, 0.3) is 5.72 Å². The molecule has 14 heavy (non-hydrogen) atoms. The zero-order valence-electron chi connectivity index (χ0n) is 8.17. The molecule has 1 saturated heterocycles. The van der Waals surface area contributed by atoms with E-state index in [0.717, 1.165) is 0 Å². The molecule has 1 aliphatic heterocycles. The Bertz CT molecular complexity index is 268. The molecule has 1 fully saturated rings. The highest BCUT2D eigenvalue weighted by molar-refractivity contribution is 9.09. The van der Waals surface area contributed by atoms with Gasteiger partial charge in [0.1, 0.15) is 0 Å². The molecule has 0 aromatic heterocycles. The van der Waals surface area contributed by atoms with E-state index in [-0.39, 0.29) is 10.7 Å². The van der Waals surface area contributed by atoms with Gasteiger partial charge in [-0.15, -0.1) is 0 Å². The van der Waals surface area contributed by atoms with Gasteiger partial charge in [0.05, 0.1) is 4.83 Å². The van der Waals surface area contributed by atoms with Crippen molar-refractivity contribution in [2.24, 2.45) is 5.92 Å². The maximum Gasteiger partial charge on any atom is 0.417 e. The van der Waals surface area contributed by atoms with Crippen LogP contribution < -0.4 is 5.32 Å². The second kappa shape index (κ2) is 3.86. The Morgan fingerprint density at radius 3 is 2.36 bits per heavy atom. The quantitative estimate of drug-likeness (QED) is 0.470. The van der Waals surface area contributed by atoms with Crippen LogP contribution in [0.15, 0.2) is 0 Å². The standard InChI is InChI=1S/C8H12BrNO4/c1-4(2)5(9)8(13-3)6(11)14-7(12)10-8/h4-5H,1-3H3,(H,10,12). The number of alkyl carbamates (subject to hydrolysis) is 1. The van der Waals surface area contributed by atoms with E-state index < -0.39 is 17.8 Å². The van der Waals surface area contributed by atoms with Crippen LogP contribution in [0.2, 0.25) is 0 Å². The van der Waals surface area contributed by atoms with Crippen LogP contribution in [0.25, 0.3) is 0 Å². The minimum absolute atomic E-state index is 0.112. The van der Waals surface area contributed by atoms with Crippen LogP contribution in [0.3, 0.4) is 0 Å². The second-order valence-electron chi connectivity index (χ2n) is 3.39. The monoisotopic (exact) mass is 265 g/mol. The summed E-state index contributed by atoms with van der Waals surface area (Å²) in [5.74, 6) is -0.596. The van der Waals surface area contributed by atoms with Crippen molar-refractivity contribution in [2.75, 3.05) is 7.11 Å². The van der Waals surface area contributed by atoms with Crippen molar-refractivity contribution in [3.63, 3.8) is 0 Å². The average molecular weight is 266 g/mol. The lowest BCUT2D eigenvalue weighted by Crippen LogP contribution is -2.56. The van der Waals surface area contributed by atoms with Crippen molar-refractivity contribution >= 4 is 28.0 Å². The highest BCUT2D eigenvalue weighted by Gasteiger charge is 2.55. The largest absolute Gasteiger partial charge is 0.417 e. The van der Waals surface area contributed by atoms with Crippen LogP contribution in [0, 0.1) is 5.92 Å².